The lowest BCUT2D eigenvalue weighted by Crippen LogP contribution is -2.27. The molecule has 1 amide bonds. The fourth-order valence-corrected chi connectivity index (χ4v) is 3.16. The highest BCUT2D eigenvalue weighted by atomic mass is 32.2. The van der Waals surface area contributed by atoms with E-state index in [4.69, 9.17) is 14.9 Å². The average molecular weight is 367 g/mol. The predicted molar refractivity (Wildman–Crippen MR) is 91.3 cm³/mol. The predicted octanol–water partition coefficient (Wildman–Crippen LogP) is 0.593. The second kappa shape index (κ2) is 8.77. The van der Waals surface area contributed by atoms with Gasteiger partial charge in [-0.25, -0.2) is 13.1 Å². The average Bonchev–Trinajstić information content (AvgIpc) is 3.09. The second-order valence-electron chi connectivity index (χ2n) is 5.23. The number of nitrogens with two attached hydrogens (primary N) is 1. The van der Waals surface area contributed by atoms with Crippen LogP contribution >= 0.6 is 0 Å². The quantitative estimate of drug-likeness (QED) is 0.558. The molecule has 0 spiro atoms. The van der Waals surface area contributed by atoms with Crippen LogP contribution < -0.4 is 15.8 Å². The van der Waals surface area contributed by atoms with Gasteiger partial charge in [-0.1, -0.05) is 12.1 Å². The smallest absolute Gasteiger partial charge is 0.254 e. The Hall–Kier alpha value is -2.20. The first-order valence-corrected chi connectivity index (χ1v) is 9.08. The third-order valence-corrected chi connectivity index (χ3v) is 4.84. The van der Waals surface area contributed by atoms with E-state index in [0.29, 0.717) is 16.9 Å². The molecule has 8 nitrogen and oxygen atoms in total. The Morgan fingerprint density at radius 2 is 2.12 bits per heavy atom. The SMILES string of the molecule is COCCNS(=O)(=O)c1cccc(CNC(=O)c2coc(CN)c2)c1. The summed E-state index contributed by atoms with van der Waals surface area (Å²) in [6.45, 7) is 0.862. The van der Waals surface area contributed by atoms with Gasteiger partial charge in [0.25, 0.3) is 5.91 Å². The summed E-state index contributed by atoms with van der Waals surface area (Å²) < 4.78 is 36.7. The number of nitrogens with one attached hydrogen (secondary N) is 2. The molecular weight excluding hydrogens is 346 g/mol. The molecule has 9 heteroatoms. The van der Waals surface area contributed by atoms with Gasteiger partial charge < -0.3 is 20.2 Å². The summed E-state index contributed by atoms with van der Waals surface area (Å²) >= 11 is 0. The fraction of sp³-hybridized carbons (Fsp3) is 0.312. The number of ether oxygens (including phenoxy) is 1. The van der Waals surface area contributed by atoms with Crippen LogP contribution in [0.25, 0.3) is 0 Å². The summed E-state index contributed by atoms with van der Waals surface area (Å²) in [7, 11) is -2.12. The highest BCUT2D eigenvalue weighted by Crippen LogP contribution is 2.12. The fourth-order valence-electron chi connectivity index (χ4n) is 2.08. The molecule has 2 aromatic rings. The lowest BCUT2D eigenvalue weighted by molar-refractivity contribution is 0.0950. The molecule has 0 unspecified atom stereocenters. The van der Waals surface area contributed by atoms with E-state index >= 15 is 0 Å². The Morgan fingerprint density at radius 1 is 1.32 bits per heavy atom. The molecule has 0 radical (unpaired) electrons. The Bertz CT molecular complexity index is 817. The van der Waals surface area contributed by atoms with Crippen molar-refractivity contribution >= 4 is 15.9 Å². The van der Waals surface area contributed by atoms with Crippen LogP contribution in [-0.4, -0.2) is 34.6 Å². The number of rotatable bonds is 9. The van der Waals surface area contributed by atoms with Crippen LogP contribution in [0.1, 0.15) is 21.7 Å². The molecule has 25 heavy (non-hydrogen) atoms. The van der Waals surface area contributed by atoms with Gasteiger partial charge in [0.2, 0.25) is 10.0 Å². The first kappa shape index (κ1) is 19.1. The van der Waals surface area contributed by atoms with E-state index in [1.54, 1.807) is 18.2 Å². The van der Waals surface area contributed by atoms with Gasteiger partial charge in [0.1, 0.15) is 12.0 Å². The number of methoxy groups -OCH3 is 1. The molecule has 0 aliphatic carbocycles. The van der Waals surface area contributed by atoms with Crippen LogP contribution in [0.5, 0.6) is 0 Å². The normalized spacial score (nSPS) is 11.4. The number of furan rings is 1. The minimum atomic E-state index is -3.62. The lowest BCUT2D eigenvalue weighted by atomic mass is 10.2. The van der Waals surface area contributed by atoms with Gasteiger partial charge in [0.15, 0.2) is 0 Å². The van der Waals surface area contributed by atoms with Crippen molar-refractivity contribution in [1.82, 2.24) is 10.0 Å². The van der Waals surface area contributed by atoms with E-state index in [2.05, 4.69) is 10.0 Å². The van der Waals surface area contributed by atoms with Crippen molar-refractivity contribution in [3.05, 3.63) is 53.5 Å². The molecule has 0 atom stereocenters. The number of carbonyl (C=O) groups excluding carboxylic acids is 1. The van der Waals surface area contributed by atoms with Crippen LogP contribution in [0.3, 0.4) is 0 Å². The van der Waals surface area contributed by atoms with Crippen molar-refractivity contribution in [2.45, 2.75) is 18.0 Å². The summed E-state index contributed by atoms with van der Waals surface area (Å²) in [5.41, 5.74) is 6.46. The third kappa shape index (κ3) is 5.40. The van der Waals surface area contributed by atoms with Crippen LogP contribution in [0, 0.1) is 0 Å². The largest absolute Gasteiger partial charge is 0.467 e. The number of carbonyl (C=O) groups is 1. The summed E-state index contributed by atoms with van der Waals surface area (Å²) in [4.78, 5) is 12.2. The summed E-state index contributed by atoms with van der Waals surface area (Å²) in [5, 5.41) is 2.71. The Balaban J connectivity index is 2.00. The van der Waals surface area contributed by atoms with Gasteiger partial charge >= 0.3 is 0 Å². The molecule has 0 bridgehead atoms. The molecule has 0 fully saturated rings. The van der Waals surface area contributed by atoms with E-state index in [9.17, 15) is 13.2 Å². The molecule has 0 aliphatic rings. The van der Waals surface area contributed by atoms with Crippen LogP contribution in [0.15, 0.2) is 45.9 Å². The first-order chi connectivity index (χ1) is 12.0. The second-order valence-corrected chi connectivity index (χ2v) is 6.99. The molecule has 1 heterocycles. The molecule has 1 aromatic heterocycles. The minimum absolute atomic E-state index is 0.129. The maximum atomic E-state index is 12.2. The van der Waals surface area contributed by atoms with E-state index in [1.165, 1.54) is 25.5 Å². The zero-order valence-electron chi connectivity index (χ0n) is 13.8. The van der Waals surface area contributed by atoms with Gasteiger partial charge in [0, 0.05) is 20.2 Å². The topological polar surface area (TPSA) is 124 Å². The van der Waals surface area contributed by atoms with Crippen molar-refractivity contribution in [3.63, 3.8) is 0 Å². The number of amides is 1. The van der Waals surface area contributed by atoms with E-state index < -0.39 is 10.0 Å². The highest BCUT2D eigenvalue weighted by molar-refractivity contribution is 7.89. The molecule has 136 valence electrons. The Kier molecular flexibility index (Phi) is 6.71. The third-order valence-electron chi connectivity index (χ3n) is 3.38. The molecule has 0 aliphatic heterocycles. The number of hydrogen-bond donors (Lipinski definition) is 3. The summed E-state index contributed by atoms with van der Waals surface area (Å²) in [6.07, 6.45) is 1.33. The van der Waals surface area contributed by atoms with Gasteiger partial charge in [-0.05, 0) is 23.8 Å². The highest BCUT2D eigenvalue weighted by Gasteiger charge is 2.14. The van der Waals surface area contributed by atoms with Crippen molar-refractivity contribution in [2.24, 2.45) is 5.73 Å². The maximum Gasteiger partial charge on any atom is 0.254 e. The standard InChI is InChI=1S/C16H21N3O5S/c1-23-6-5-19-25(21,22)15-4-2-3-12(7-15)10-18-16(20)13-8-14(9-17)24-11-13/h2-4,7-8,11,19H,5-6,9-10,17H2,1H3,(H,18,20). The van der Waals surface area contributed by atoms with Gasteiger partial charge in [-0.3, -0.25) is 4.79 Å². The lowest BCUT2D eigenvalue weighted by Gasteiger charge is -2.09. The van der Waals surface area contributed by atoms with E-state index in [-0.39, 0.29) is 37.0 Å². The molecule has 4 N–H and O–H groups in total. The number of benzene rings is 1. The molecule has 1 aromatic carbocycles. The van der Waals surface area contributed by atoms with Crippen LogP contribution in [-0.2, 0) is 27.8 Å². The maximum absolute atomic E-state index is 12.2. The number of hydrogen-bond acceptors (Lipinski definition) is 6. The van der Waals surface area contributed by atoms with Gasteiger partial charge in [0.05, 0.1) is 23.6 Å². The van der Waals surface area contributed by atoms with E-state index in [0.717, 1.165) is 0 Å². The van der Waals surface area contributed by atoms with Crippen molar-refractivity contribution < 1.29 is 22.4 Å². The van der Waals surface area contributed by atoms with Crippen molar-refractivity contribution in [1.29, 1.82) is 0 Å². The Morgan fingerprint density at radius 3 is 2.80 bits per heavy atom. The zero-order valence-corrected chi connectivity index (χ0v) is 14.6. The molecule has 0 saturated heterocycles. The van der Waals surface area contributed by atoms with Crippen molar-refractivity contribution in [3.8, 4) is 0 Å². The molecule has 2 rings (SSSR count). The molecule has 0 saturated carbocycles. The van der Waals surface area contributed by atoms with E-state index in [1.807, 2.05) is 0 Å². The van der Waals surface area contributed by atoms with Gasteiger partial charge in [-0.15, -0.1) is 0 Å². The summed E-state index contributed by atoms with van der Waals surface area (Å²) in [6, 6.07) is 7.92. The minimum Gasteiger partial charge on any atom is -0.467 e. The van der Waals surface area contributed by atoms with Crippen molar-refractivity contribution in [2.75, 3.05) is 20.3 Å². The number of sulfonamides is 1. The monoisotopic (exact) mass is 367 g/mol. The Labute approximate surface area is 146 Å². The summed E-state index contributed by atoms with van der Waals surface area (Å²) in [5.74, 6) is 0.190. The zero-order chi connectivity index (χ0) is 18.3. The van der Waals surface area contributed by atoms with Gasteiger partial charge in [-0.2, -0.15) is 0 Å². The van der Waals surface area contributed by atoms with Crippen LogP contribution in [0.2, 0.25) is 0 Å². The molecular formula is C16H21N3O5S. The first-order valence-electron chi connectivity index (χ1n) is 7.59. The van der Waals surface area contributed by atoms with Crippen LogP contribution in [0.4, 0.5) is 0 Å².